The van der Waals surface area contributed by atoms with Gasteiger partial charge in [0.15, 0.2) is 22.7 Å². The van der Waals surface area contributed by atoms with Gasteiger partial charge in [0.1, 0.15) is 5.69 Å². The number of ketones is 2. The molecule has 0 radical (unpaired) electrons. The zero-order valence-corrected chi connectivity index (χ0v) is 17.5. The summed E-state index contributed by atoms with van der Waals surface area (Å²) in [6.45, 7) is 1.58. The van der Waals surface area contributed by atoms with Gasteiger partial charge in [-0.15, -0.1) is 11.3 Å². The molecule has 1 aromatic heterocycles. The number of likely N-dealkylation sites (N-methyl/N-ethyl adjacent to an activating group) is 1. The molecular weight excluding hydrogens is 434 g/mol. The number of carbonyl (C=O) groups excluding carboxylic acids is 3. The first-order chi connectivity index (χ1) is 14.0. The summed E-state index contributed by atoms with van der Waals surface area (Å²) in [6, 6.07) is 4.01. The van der Waals surface area contributed by atoms with E-state index in [1.54, 1.807) is 6.92 Å². The minimum atomic E-state index is -4.05. The Balaban J connectivity index is 1.85. The van der Waals surface area contributed by atoms with E-state index in [0.29, 0.717) is 9.18 Å². The van der Waals surface area contributed by atoms with E-state index in [4.69, 9.17) is 5.11 Å². The summed E-state index contributed by atoms with van der Waals surface area (Å²) < 4.78 is 26.1. The lowest BCUT2D eigenvalue weighted by atomic mass is 10.0. The number of nitrogens with zero attached hydrogens (tertiary/aromatic N) is 2. The van der Waals surface area contributed by atoms with E-state index in [9.17, 15) is 27.6 Å². The molecule has 10 nitrogen and oxygen atoms in total. The summed E-state index contributed by atoms with van der Waals surface area (Å²) in [7, 11) is -2.91. The van der Waals surface area contributed by atoms with Gasteiger partial charge in [-0.3, -0.25) is 19.2 Å². The van der Waals surface area contributed by atoms with Crippen LogP contribution in [-0.2, 0) is 19.6 Å². The third-order valence-electron chi connectivity index (χ3n) is 4.53. The molecule has 1 aliphatic rings. The standard InChI is InChI=1S/C18H17N3O7S2/c1-9-14(11(22)7-8-13(23)24)19-18(29-9)20-17(26)15-16(25)10-5-3-4-6-12(10)30(27,28)21(15)2/h3-6,15H,7-8H2,1-2H3,(H,23,24)(H,19,20,26). The van der Waals surface area contributed by atoms with E-state index in [0.717, 1.165) is 18.4 Å². The van der Waals surface area contributed by atoms with Crippen LogP contribution in [0.15, 0.2) is 29.2 Å². The number of hydrogen-bond acceptors (Lipinski definition) is 8. The molecule has 30 heavy (non-hydrogen) atoms. The minimum Gasteiger partial charge on any atom is -0.481 e. The van der Waals surface area contributed by atoms with Crippen LogP contribution in [0, 0.1) is 6.92 Å². The highest BCUT2D eigenvalue weighted by Crippen LogP contribution is 2.30. The van der Waals surface area contributed by atoms with Crippen LogP contribution in [0.4, 0.5) is 5.13 Å². The number of benzene rings is 1. The smallest absolute Gasteiger partial charge is 0.303 e. The van der Waals surface area contributed by atoms with E-state index >= 15 is 0 Å². The second-order valence-corrected chi connectivity index (χ2v) is 9.68. The van der Waals surface area contributed by atoms with Gasteiger partial charge in [0.2, 0.25) is 10.0 Å². The molecule has 1 atom stereocenters. The highest BCUT2D eigenvalue weighted by Gasteiger charge is 2.45. The minimum absolute atomic E-state index is 0.00799. The number of thiazole rings is 1. The normalized spacial score (nSPS) is 17.9. The number of carboxylic acid groups (broad SMARTS) is 1. The first kappa shape index (κ1) is 21.7. The van der Waals surface area contributed by atoms with Crippen LogP contribution in [-0.4, -0.2) is 59.3 Å². The van der Waals surface area contributed by atoms with Gasteiger partial charge in [0.05, 0.1) is 11.3 Å². The van der Waals surface area contributed by atoms with Crippen molar-refractivity contribution in [3.8, 4) is 0 Å². The number of anilines is 1. The number of hydrogen-bond donors (Lipinski definition) is 2. The second-order valence-electron chi connectivity index (χ2n) is 6.51. The molecule has 2 aromatic rings. The van der Waals surface area contributed by atoms with Crippen molar-refractivity contribution in [3.63, 3.8) is 0 Å². The molecule has 0 saturated carbocycles. The Hall–Kier alpha value is -2.96. The highest BCUT2D eigenvalue weighted by atomic mass is 32.2. The number of sulfonamides is 1. The Morgan fingerprint density at radius 1 is 1.23 bits per heavy atom. The summed E-state index contributed by atoms with van der Waals surface area (Å²) in [5.74, 6) is -3.19. The monoisotopic (exact) mass is 451 g/mol. The average molecular weight is 451 g/mol. The Bertz CT molecular complexity index is 1170. The summed E-state index contributed by atoms with van der Waals surface area (Å²) in [5, 5.41) is 11.1. The van der Waals surface area contributed by atoms with Crippen molar-refractivity contribution in [2.24, 2.45) is 0 Å². The molecule has 2 heterocycles. The van der Waals surface area contributed by atoms with Crippen LogP contribution in [0.3, 0.4) is 0 Å². The second kappa shape index (κ2) is 8.05. The third-order valence-corrected chi connectivity index (χ3v) is 7.29. The van der Waals surface area contributed by atoms with Gasteiger partial charge < -0.3 is 10.4 Å². The van der Waals surface area contributed by atoms with Crippen LogP contribution in [0.25, 0.3) is 0 Å². The fourth-order valence-electron chi connectivity index (χ4n) is 3.01. The summed E-state index contributed by atoms with van der Waals surface area (Å²) in [4.78, 5) is 52.6. The molecule has 12 heteroatoms. The van der Waals surface area contributed by atoms with E-state index in [1.807, 2.05) is 0 Å². The summed E-state index contributed by atoms with van der Waals surface area (Å²) in [5.41, 5.74) is -0.0477. The molecule has 0 bridgehead atoms. The van der Waals surface area contributed by atoms with Crippen LogP contribution in [0.2, 0.25) is 0 Å². The molecule has 2 N–H and O–H groups in total. The van der Waals surface area contributed by atoms with Crippen LogP contribution < -0.4 is 5.32 Å². The zero-order chi connectivity index (χ0) is 22.2. The van der Waals surface area contributed by atoms with E-state index in [1.165, 1.54) is 24.3 Å². The molecule has 1 amide bonds. The predicted molar refractivity (Wildman–Crippen MR) is 106 cm³/mol. The number of rotatable bonds is 6. The maximum Gasteiger partial charge on any atom is 0.303 e. The van der Waals surface area contributed by atoms with Gasteiger partial charge in [-0.05, 0) is 19.1 Å². The molecular formula is C18H17N3O7S2. The molecule has 0 spiro atoms. The number of nitrogens with one attached hydrogen (secondary N) is 1. The van der Waals surface area contributed by atoms with Crippen molar-refractivity contribution in [2.45, 2.75) is 30.7 Å². The molecule has 158 valence electrons. The third kappa shape index (κ3) is 3.88. The first-order valence-electron chi connectivity index (χ1n) is 8.68. The largest absolute Gasteiger partial charge is 0.481 e. The van der Waals surface area contributed by atoms with Crippen LogP contribution in [0.1, 0.15) is 38.6 Å². The number of fused-ring (bicyclic) bond motifs is 1. The molecule has 3 rings (SSSR count). The number of amides is 1. The molecule has 0 fully saturated rings. The van der Waals surface area contributed by atoms with Crippen molar-refractivity contribution in [1.82, 2.24) is 9.29 Å². The van der Waals surface area contributed by atoms with Gasteiger partial charge in [0, 0.05) is 23.9 Å². The Morgan fingerprint density at radius 2 is 1.90 bits per heavy atom. The van der Waals surface area contributed by atoms with Gasteiger partial charge in [-0.2, -0.15) is 4.31 Å². The zero-order valence-electron chi connectivity index (χ0n) is 15.9. The number of Topliss-reactive ketones (excluding diaryl/α,β-unsaturated/α-hetero) is 2. The van der Waals surface area contributed by atoms with Gasteiger partial charge >= 0.3 is 5.97 Å². The number of aryl methyl sites for hydroxylation is 1. The molecule has 1 aliphatic heterocycles. The molecule has 0 saturated heterocycles. The fraction of sp³-hybridized carbons (Fsp3) is 0.278. The molecule has 1 unspecified atom stereocenters. The summed E-state index contributed by atoms with van der Waals surface area (Å²) >= 11 is 0.967. The van der Waals surface area contributed by atoms with Gasteiger partial charge in [0.25, 0.3) is 5.91 Å². The molecule has 1 aromatic carbocycles. The van der Waals surface area contributed by atoms with Crippen molar-refractivity contribution in [3.05, 3.63) is 40.4 Å². The van der Waals surface area contributed by atoms with E-state index < -0.39 is 39.5 Å². The lowest BCUT2D eigenvalue weighted by Gasteiger charge is -2.30. The van der Waals surface area contributed by atoms with E-state index in [2.05, 4.69) is 10.3 Å². The first-order valence-corrected chi connectivity index (χ1v) is 10.9. The lowest BCUT2D eigenvalue weighted by molar-refractivity contribution is -0.137. The highest BCUT2D eigenvalue weighted by molar-refractivity contribution is 7.89. The lowest BCUT2D eigenvalue weighted by Crippen LogP contribution is -2.53. The predicted octanol–water partition coefficient (Wildman–Crippen LogP) is 1.32. The average Bonchev–Trinajstić information content (AvgIpc) is 3.05. The van der Waals surface area contributed by atoms with Crippen LogP contribution >= 0.6 is 11.3 Å². The van der Waals surface area contributed by atoms with Crippen molar-refractivity contribution >= 4 is 49.9 Å². The SMILES string of the molecule is Cc1sc(NC(=O)C2C(=O)c3ccccc3S(=O)(=O)N2C)nc1C(=O)CCC(=O)O. The summed E-state index contributed by atoms with van der Waals surface area (Å²) in [6.07, 6.45) is -0.595. The Labute approximate surface area is 175 Å². The number of carboxylic acids is 1. The topological polar surface area (TPSA) is 151 Å². The maximum atomic E-state index is 12.8. The quantitative estimate of drug-likeness (QED) is 0.493. The van der Waals surface area contributed by atoms with Crippen molar-refractivity contribution in [1.29, 1.82) is 0 Å². The molecule has 0 aliphatic carbocycles. The van der Waals surface area contributed by atoms with E-state index in [-0.39, 0.29) is 34.1 Å². The maximum absolute atomic E-state index is 12.8. The fourth-order valence-corrected chi connectivity index (χ4v) is 5.32. The van der Waals surface area contributed by atoms with Crippen LogP contribution in [0.5, 0.6) is 0 Å². The number of aliphatic carboxylic acids is 1. The number of aromatic nitrogens is 1. The van der Waals surface area contributed by atoms with Gasteiger partial charge in [-0.1, -0.05) is 12.1 Å². The Kier molecular flexibility index (Phi) is 5.83. The Morgan fingerprint density at radius 3 is 2.57 bits per heavy atom. The number of carbonyl (C=O) groups is 4. The van der Waals surface area contributed by atoms with Gasteiger partial charge in [-0.25, -0.2) is 13.4 Å². The van der Waals surface area contributed by atoms with Crippen molar-refractivity contribution < 1.29 is 32.7 Å². The van der Waals surface area contributed by atoms with Crippen molar-refractivity contribution in [2.75, 3.05) is 12.4 Å².